The summed E-state index contributed by atoms with van der Waals surface area (Å²) in [5, 5.41) is 12.8. The van der Waals surface area contributed by atoms with Crippen molar-refractivity contribution in [3.63, 3.8) is 0 Å². The van der Waals surface area contributed by atoms with E-state index in [-0.39, 0.29) is 5.95 Å². The van der Waals surface area contributed by atoms with Crippen molar-refractivity contribution < 1.29 is 14.6 Å². The lowest BCUT2D eigenvalue weighted by molar-refractivity contribution is -0.139. The van der Waals surface area contributed by atoms with E-state index >= 15 is 0 Å². The lowest BCUT2D eigenvalue weighted by Gasteiger charge is -2.06. The number of carboxylic acids is 1. The summed E-state index contributed by atoms with van der Waals surface area (Å²) in [5.41, 5.74) is 7.08. The van der Waals surface area contributed by atoms with Crippen molar-refractivity contribution in [2.75, 3.05) is 12.3 Å². The van der Waals surface area contributed by atoms with Gasteiger partial charge in [0.15, 0.2) is 6.61 Å². The second kappa shape index (κ2) is 5.87. The summed E-state index contributed by atoms with van der Waals surface area (Å²) in [6, 6.07) is 7.00. The van der Waals surface area contributed by atoms with Gasteiger partial charge >= 0.3 is 5.97 Å². The number of para-hydroxylation sites is 1. The normalized spacial score (nSPS) is 10.8. The van der Waals surface area contributed by atoms with Crippen LogP contribution in [0.1, 0.15) is 11.3 Å². The highest BCUT2D eigenvalue weighted by Gasteiger charge is 2.04. The Bertz CT molecular complexity index is 649. The minimum Gasteiger partial charge on any atom is -0.481 e. The average Bonchev–Trinajstić information content (AvgIpc) is 2.73. The van der Waals surface area contributed by atoms with Crippen molar-refractivity contribution in [1.29, 1.82) is 0 Å². The summed E-state index contributed by atoms with van der Waals surface area (Å²) in [5.74, 6) is -0.317. The first kappa shape index (κ1) is 13.6. The lowest BCUT2D eigenvalue weighted by Crippen LogP contribution is -2.10. The Labute approximate surface area is 115 Å². The number of hydrogen-bond acceptors (Lipinski definition) is 5. The van der Waals surface area contributed by atoms with Gasteiger partial charge in [-0.1, -0.05) is 12.1 Å². The Morgan fingerprint density at radius 2 is 2.30 bits per heavy atom. The molecule has 0 saturated heterocycles. The van der Waals surface area contributed by atoms with E-state index in [4.69, 9.17) is 15.6 Å². The predicted octanol–water partition coefficient (Wildman–Crippen LogP) is 1.12. The molecule has 104 valence electrons. The number of hydrogen-bond donors (Lipinski definition) is 2. The maximum absolute atomic E-state index is 10.5. The van der Waals surface area contributed by atoms with E-state index in [1.165, 1.54) is 10.9 Å². The molecule has 1 aromatic heterocycles. The van der Waals surface area contributed by atoms with Crippen LogP contribution in [0.3, 0.4) is 0 Å². The molecule has 0 aliphatic carbocycles. The number of aliphatic carboxylic acids is 1. The van der Waals surface area contributed by atoms with E-state index in [0.29, 0.717) is 11.3 Å². The number of anilines is 1. The molecular weight excluding hydrogens is 260 g/mol. The van der Waals surface area contributed by atoms with Crippen LogP contribution in [-0.4, -0.2) is 33.6 Å². The number of imidazole rings is 1. The van der Waals surface area contributed by atoms with E-state index in [1.54, 1.807) is 30.5 Å². The zero-order valence-corrected chi connectivity index (χ0v) is 10.9. The van der Waals surface area contributed by atoms with Gasteiger partial charge in [-0.3, -0.25) is 0 Å². The molecule has 20 heavy (non-hydrogen) atoms. The van der Waals surface area contributed by atoms with Gasteiger partial charge in [0, 0.05) is 5.56 Å². The van der Waals surface area contributed by atoms with Gasteiger partial charge in [0.25, 0.3) is 0 Å². The molecule has 7 nitrogen and oxygen atoms in total. The summed E-state index contributed by atoms with van der Waals surface area (Å²) in [4.78, 5) is 14.5. The van der Waals surface area contributed by atoms with Gasteiger partial charge in [-0.25, -0.2) is 14.5 Å². The van der Waals surface area contributed by atoms with Crippen LogP contribution in [0.4, 0.5) is 5.95 Å². The van der Waals surface area contributed by atoms with Crippen molar-refractivity contribution in [2.24, 2.45) is 5.10 Å². The zero-order valence-electron chi connectivity index (χ0n) is 10.9. The van der Waals surface area contributed by atoms with Crippen LogP contribution in [0, 0.1) is 6.92 Å². The van der Waals surface area contributed by atoms with Crippen molar-refractivity contribution in [3.8, 4) is 5.75 Å². The SMILES string of the molecule is Cc1cn(N=Cc2ccccc2OCC(=O)O)c(N)n1. The number of nitrogens with two attached hydrogens (primary N) is 1. The first-order valence-corrected chi connectivity index (χ1v) is 5.85. The number of benzene rings is 1. The molecule has 0 saturated carbocycles. The highest BCUT2D eigenvalue weighted by molar-refractivity contribution is 5.83. The van der Waals surface area contributed by atoms with Gasteiger partial charge in [0.2, 0.25) is 5.95 Å². The molecule has 0 unspecified atom stereocenters. The van der Waals surface area contributed by atoms with Crippen LogP contribution in [0.25, 0.3) is 0 Å². The van der Waals surface area contributed by atoms with Crippen molar-refractivity contribution in [3.05, 3.63) is 41.7 Å². The van der Waals surface area contributed by atoms with Gasteiger partial charge in [0.1, 0.15) is 5.75 Å². The standard InChI is InChI=1S/C13H14N4O3/c1-9-7-17(13(14)16-9)15-6-10-4-2-3-5-11(10)20-8-12(18)19/h2-7H,8H2,1H3,(H2,14,16)(H,18,19). The minimum absolute atomic E-state index is 0.280. The number of carboxylic acid groups (broad SMARTS) is 1. The molecule has 1 aromatic carbocycles. The number of ether oxygens (including phenoxy) is 1. The first-order valence-electron chi connectivity index (χ1n) is 5.85. The van der Waals surface area contributed by atoms with E-state index in [9.17, 15) is 4.79 Å². The number of carbonyl (C=O) groups is 1. The summed E-state index contributed by atoms with van der Waals surface area (Å²) >= 11 is 0. The maximum Gasteiger partial charge on any atom is 0.341 e. The molecule has 7 heteroatoms. The zero-order chi connectivity index (χ0) is 14.5. The number of aryl methyl sites for hydroxylation is 1. The third kappa shape index (κ3) is 3.35. The van der Waals surface area contributed by atoms with Crippen molar-refractivity contribution in [2.45, 2.75) is 6.92 Å². The maximum atomic E-state index is 10.5. The molecule has 2 aromatic rings. The third-order valence-electron chi connectivity index (χ3n) is 2.43. The molecule has 0 aliphatic rings. The lowest BCUT2D eigenvalue weighted by atomic mass is 10.2. The van der Waals surface area contributed by atoms with Gasteiger partial charge in [0.05, 0.1) is 18.1 Å². The Morgan fingerprint density at radius 3 is 2.95 bits per heavy atom. The summed E-state index contributed by atoms with van der Waals surface area (Å²) in [6.07, 6.45) is 3.22. The molecule has 2 rings (SSSR count). The molecule has 1 heterocycles. The Hall–Kier alpha value is -2.83. The molecule has 3 N–H and O–H groups in total. The van der Waals surface area contributed by atoms with Crippen LogP contribution in [-0.2, 0) is 4.79 Å². The number of rotatable bonds is 5. The average molecular weight is 274 g/mol. The second-order valence-corrected chi connectivity index (χ2v) is 4.05. The predicted molar refractivity (Wildman–Crippen MR) is 73.9 cm³/mol. The molecular formula is C13H14N4O3. The quantitative estimate of drug-likeness (QED) is 0.795. The van der Waals surface area contributed by atoms with Gasteiger partial charge < -0.3 is 15.6 Å². The molecule has 0 atom stereocenters. The fraction of sp³-hybridized carbons (Fsp3) is 0.154. The van der Waals surface area contributed by atoms with Gasteiger partial charge in [-0.15, -0.1) is 0 Å². The Kier molecular flexibility index (Phi) is 3.99. The number of nitrogen functional groups attached to an aromatic ring is 1. The highest BCUT2D eigenvalue weighted by atomic mass is 16.5. The summed E-state index contributed by atoms with van der Waals surface area (Å²) in [6.45, 7) is 1.41. The van der Waals surface area contributed by atoms with E-state index < -0.39 is 12.6 Å². The van der Waals surface area contributed by atoms with Crippen LogP contribution in [0.2, 0.25) is 0 Å². The van der Waals surface area contributed by atoms with E-state index in [0.717, 1.165) is 5.69 Å². The summed E-state index contributed by atoms with van der Waals surface area (Å²) in [7, 11) is 0. The van der Waals surface area contributed by atoms with Crippen LogP contribution < -0.4 is 10.5 Å². The van der Waals surface area contributed by atoms with Crippen LogP contribution in [0.15, 0.2) is 35.6 Å². The van der Waals surface area contributed by atoms with E-state index in [2.05, 4.69) is 10.1 Å². The van der Waals surface area contributed by atoms with Crippen molar-refractivity contribution in [1.82, 2.24) is 9.66 Å². The second-order valence-electron chi connectivity index (χ2n) is 4.05. The van der Waals surface area contributed by atoms with Crippen LogP contribution >= 0.6 is 0 Å². The molecule has 0 bridgehead atoms. The minimum atomic E-state index is -1.04. The molecule has 0 amide bonds. The van der Waals surface area contributed by atoms with E-state index in [1.807, 2.05) is 6.92 Å². The molecule has 0 fully saturated rings. The fourth-order valence-corrected chi connectivity index (χ4v) is 1.58. The first-order chi connectivity index (χ1) is 9.56. The number of nitrogens with zero attached hydrogens (tertiary/aromatic N) is 3. The largest absolute Gasteiger partial charge is 0.481 e. The molecule has 0 spiro atoms. The topological polar surface area (TPSA) is 103 Å². The Morgan fingerprint density at radius 1 is 1.55 bits per heavy atom. The van der Waals surface area contributed by atoms with Crippen LogP contribution in [0.5, 0.6) is 5.75 Å². The molecule has 0 radical (unpaired) electrons. The van der Waals surface area contributed by atoms with Gasteiger partial charge in [-0.05, 0) is 19.1 Å². The number of aromatic nitrogens is 2. The fourth-order valence-electron chi connectivity index (χ4n) is 1.58. The third-order valence-corrected chi connectivity index (χ3v) is 2.43. The highest BCUT2D eigenvalue weighted by Crippen LogP contribution is 2.16. The smallest absolute Gasteiger partial charge is 0.341 e. The van der Waals surface area contributed by atoms with Crippen molar-refractivity contribution >= 4 is 18.1 Å². The monoisotopic (exact) mass is 274 g/mol. The Balaban J connectivity index is 2.20. The molecule has 0 aliphatic heterocycles. The van der Waals surface area contributed by atoms with Gasteiger partial charge in [-0.2, -0.15) is 5.10 Å². The summed E-state index contributed by atoms with van der Waals surface area (Å²) < 4.78 is 6.61.